The largest absolute Gasteiger partial charge is 0.467 e. The quantitative estimate of drug-likeness (QED) is 0.365. The van der Waals surface area contributed by atoms with Gasteiger partial charge in [-0.1, -0.05) is 30.4 Å². The number of carbonyl (C=O) groups is 3. The van der Waals surface area contributed by atoms with E-state index in [0.717, 1.165) is 12.8 Å². The van der Waals surface area contributed by atoms with Gasteiger partial charge in [-0.3, -0.25) is 9.59 Å². The van der Waals surface area contributed by atoms with Gasteiger partial charge in [-0.2, -0.15) is 0 Å². The van der Waals surface area contributed by atoms with Crippen molar-refractivity contribution in [3.8, 4) is 0 Å². The van der Waals surface area contributed by atoms with Crippen molar-refractivity contribution in [3.05, 3.63) is 48.0 Å². The lowest BCUT2D eigenvalue weighted by Crippen LogP contribution is -2.39. The van der Waals surface area contributed by atoms with Gasteiger partial charge >= 0.3 is 5.97 Å². The van der Waals surface area contributed by atoms with Crippen LogP contribution in [0.2, 0.25) is 0 Å². The first-order valence-corrected chi connectivity index (χ1v) is 9.01. The minimum atomic E-state index is -0.958. The zero-order valence-corrected chi connectivity index (χ0v) is 16.5. The van der Waals surface area contributed by atoms with Crippen molar-refractivity contribution in [2.75, 3.05) is 13.7 Å². The van der Waals surface area contributed by atoms with Gasteiger partial charge in [0.05, 0.1) is 13.2 Å². The second-order valence-electron chi connectivity index (χ2n) is 6.70. The topological polar surface area (TPSA) is 81.7 Å². The minimum absolute atomic E-state index is 0.0907. The number of esters is 1. The summed E-state index contributed by atoms with van der Waals surface area (Å²) >= 11 is 0. The van der Waals surface area contributed by atoms with Crippen molar-refractivity contribution in [3.63, 3.8) is 0 Å². The Labute approximate surface area is 160 Å². The summed E-state index contributed by atoms with van der Waals surface area (Å²) < 4.78 is 10.2. The van der Waals surface area contributed by atoms with Crippen molar-refractivity contribution in [2.45, 2.75) is 51.7 Å². The van der Waals surface area contributed by atoms with E-state index in [-0.39, 0.29) is 11.7 Å². The number of nitrogens with one attached hydrogen (secondary N) is 1. The second-order valence-corrected chi connectivity index (χ2v) is 6.70. The van der Waals surface area contributed by atoms with Gasteiger partial charge in [0.2, 0.25) is 0 Å². The van der Waals surface area contributed by atoms with Crippen LogP contribution in [0.3, 0.4) is 0 Å². The van der Waals surface area contributed by atoms with Gasteiger partial charge in [-0.15, -0.1) is 0 Å². The highest BCUT2D eigenvalue weighted by Gasteiger charge is 2.29. The Balaban J connectivity index is 2.37. The second kappa shape index (κ2) is 11.3. The molecule has 0 heterocycles. The van der Waals surface area contributed by atoms with E-state index in [0.29, 0.717) is 18.6 Å². The maximum Gasteiger partial charge on any atom is 0.337 e. The van der Waals surface area contributed by atoms with E-state index in [1.165, 1.54) is 14.0 Å². The SMILES string of the molecule is COC(=O)C(C)(C)OCCCC=CCC(NC(=O)c1ccccc1)C(C)=O. The fraction of sp³-hybridized carbons (Fsp3) is 0.476. The lowest BCUT2D eigenvalue weighted by atomic mass is 10.1. The minimum Gasteiger partial charge on any atom is -0.467 e. The number of ketones is 1. The molecule has 0 radical (unpaired) electrons. The maximum absolute atomic E-state index is 12.2. The van der Waals surface area contributed by atoms with E-state index < -0.39 is 17.6 Å². The third kappa shape index (κ3) is 8.17. The van der Waals surface area contributed by atoms with E-state index in [1.807, 2.05) is 18.2 Å². The van der Waals surface area contributed by atoms with E-state index >= 15 is 0 Å². The van der Waals surface area contributed by atoms with Crippen molar-refractivity contribution >= 4 is 17.7 Å². The zero-order chi connectivity index (χ0) is 20.3. The molecule has 0 spiro atoms. The van der Waals surface area contributed by atoms with Crippen LogP contribution in [0.4, 0.5) is 0 Å². The van der Waals surface area contributed by atoms with Crippen molar-refractivity contribution < 1.29 is 23.9 Å². The molecule has 0 bridgehead atoms. The molecule has 1 amide bonds. The molecule has 1 atom stereocenters. The van der Waals surface area contributed by atoms with E-state index in [4.69, 9.17) is 4.74 Å². The van der Waals surface area contributed by atoms with Gasteiger partial charge in [0, 0.05) is 12.2 Å². The molecule has 27 heavy (non-hydrogen) atoms. The number of ether oxygens (including phenoxy) is 2. The Bertz CT molecular complexity index is 652. The smallest absolute Gasteiger partial charge is 0.337 e. The molecule has 6 nitrogen and oxygen atoms in total. The number of allylic oxidation sites excluding steroid dienone is 1. The predicted molar refractivity (Wildman–Crippen MR) is 103 cm³/mol. The summed E-state index contributed by atoms with van der Waals surface area (Å²) in [5.74, 6) is -0.758. The molecule has 6 heteroatoms. The third-order valence-electron chi connectivity index (χ3n) is 4.03. The number of benzene rings is 1. The molecule has 0 fully saturated rings. The first-order chi connectivity index (χ1) is 12.8. The Morgan fingerprint density at radius 1 is 1.15 bits per heavy atom. The number of unbranched alkanes of at least 4 members (excludes halogenated alkanes) is 1. The summed E-state index contributed by atoms with van der Waals surface area (Å²) in [6, 6.07) is 8.25. The Morgan fingerprint density at radius 2 is 1.81 bits per heavy atom. The molecule has 0 aliphatic rings. The standard InChI is InChI=1S/C21H29NO5/c1-16(23)18(22-19(24)17-12-8-7-9-13-17)14-10-5-6-11-15-27-21(2,3)20(25)26-4/h5,7-10,12-13,18H,6,11,14-15H2,1-4H3,(H,22,24). The average Bonchev–Trinajstić information content (AvgIpc) is 2.65. The van der Waals surface area contributed by atoms with Crippen LogP contribution in [0.25, 0.3) is 0 Å². The first kappa shape index (κ1) is 22.6. The summed E-state index contributed by atoms with van der Waals surface area (Å²) in [7, 11) is 1.33. The van der Waals surface area contributed by atoms with Gasteiger partial charge in [-0.25, -0.2) is 4.79 Å². The van der Waals surface area contributed by atoms with Gasteiger partial charge in [0.15, 0.2) is 11.4 Å². The normalized spacial score (nSPS) is 12.6. The highest BCUT2D eigenvalue weighted by atomic mass is 16.6. The third-order valence-corrected chi connectivity index (χ3v) is 4.03. The van der Waals surface area contributed by atoms with E-state index in [2.05, 4.69) is 10.1 Å². The number of methoxy groups -OCH3 is 1. The number of rotatable bonds is 11. The molecule has 1 unspecified atom stereocenters. The molecule has 148 valence electrons. The monoisotopic (exact) mass is 375 g/mol. The highest BCUT2D eigenvalue weighted by molar-refractivity contribution is 5.97. The van der Waals surface area contributed by atoms with Crippen LogP contribution in [-0.4, -0.2) is 43.0 Å². The number of hydrogen-bond acceptors (Lipinski definition) is 5. The Hall–Kier alpha value is -2.47. The summed E-state index contributed by atoms with van der Waals surface area (Å²) in [6.07, 6.45) is 5.73. The van der Waals surface area contributed by atoms with Crippen LogP contribution < -0.4 is 5.32 Å². The van der Waals surface area contributed by atoms with E-state index in [9.17, 15) is 14.4 Å². The molecule has 0 aliphatic heterocycles. The first-order valence-electron chi connectivity index (χ1n) is 9.01. The highest BCUT2D eigenvalue weighted by Crippen LogP contribution is 2.12. The van der Waals surface area contributed by atoms with Crippen LogP contribution in [-0.2, 0) is 19.1 Å². The number of hydrogen-bond donors (Lipinski definition) is 1. The summed E-state index contributed by atoms with van der Waals surface area (Å²) in [5.41, 5.74) is -0.432. The Kier molecular flexibility index (Phi) is 9.44. The maximum atomic E-state index is 12.2. The van der Waals surface area contributed by atoms with Crippen LogP contribution in [0.1, 0.15) is 50.4 Å². The fourth-order valence-corrected chi connectivity index (χ4v) is 2.34. The van der Waals surface area contributed by atoms with Crippen LogP contribution in [0.15, 0.2) is 42.5 Å². The lowest BCUT2D eigenvalue weighted by molar-refractivity contribution is -0.165. The number of carbonyl (C=O) groups excluding carboxylic acids is 3. The van der Waals surface area contributed by atoms with Gasteiger partial charge in [0.1, 0.15) is 0 Å². The van der Waals surface area contributed by atoms with Crippen molar-refractivity contribution in [1.82, 2.24) is 5.32 Å². The zero-order valence-electron chi connectivity index (χ0n) is 16.5. The summed E-state index contributed by atoms with van der Waals surface area (Å²) in [6.45, 7) is 5.23. The van der Waals surface area contributed by atoms with E-state index in [1.54, 1.807) is 38.1 Å². The van der Waals surface area contributed by atoms with Crippen LogP contribution in [0.5, 0.6) is 0 Å². The predicted octanol–water partition coefficient (Wildman–Crippen LogP) is 3.07. The van der Waals surface area contributed by atoms with Crippen molar-refractivity contribution in [1.29, 1.82) is 0 Å². The molecule has 1 rings (SSSR count). The number of Topliss-reactive ketones (excluding diaryl/α,β-unsaturated/α-hetero) is 1. The van der Waals surface area contributed by atoms with Gasteiger partial charge in [-0.05, 0) is 52.2 Å². The number of amides is 1. The van der Waals surface area contributed by atoms with Crippen molar-refractivity contribution in [2.24, 2.45) is 0 Å². The Morgan fingerprint density at radius 3 is 2.41 bits per heavy atom. The molecule has 0 saturated heterocycles. The molecule has 1 aromatic rings. The fourth-order valence-electron chi connectivity index (χ4n) is 2.34. The molecule has 1 N–H and O–H groups in total. The molecule has 1 aromatic carbocycles. The average molecular weight is 375 g/mol. The van der Waals surface area contributed by atoms with Gasteiger partial charge in [0.25, 0.3) is 5.91 Å². The summed E-state index contributed by atoms with van der Waals surface area (Å²) in [4.78, 5) is 35.4. The molecular formula is C21H29NO5. The molecule has 0 aromatic heterocycles. The molecule has 0 aliphatic carbocycles. The summed E-state index contributed by atoms with van der Waals surface area (Å²) in [5, 5.41) is 2.76. The van der Waals surface area contributed by atoms with Crippen LogP contribution >= 0.6 is 0 Å². The molecular weight excluding hydrogens is 346 g/mol. The van der Waals surface area contributed by atoms with Gasteiger partial charge < -0.3 is 14.8 Å². The molecule has 0 saturated carbocycles. The van der Waals surface area contributed by atoms with Crippen LogP contribution in [0, 0.1) is 0 Å². The lowest BCUT2D eigenvalue weighted by Gasteiger charge is -2.21.